The van der Waals surface area contributed by atoms with Crippen LogP contribution in [0.2, 0.25) is 0 Å². The van der Waals surface area contributed by atoms with Crippen molar-refractivity contribution in [1.82, 2.24) is 5.43 Å². The van der Waals surface area contributed by atoms with Gasteiger partial charge in [-0.1, -0.05) is 0 Å². The van der Waals surface area contributed by atoms with Gasteiger partial charge in [0, 0.05) is 0 Å². The molecule has 0 radical (unpaired) electrons. The summed E-state index contributed by atoms with van der Waals surface area (Å²) in [4.78, 5) is 0. The Hall–Kier alpha value is -0.980. The van der Waals surface area contributed by atoms with Crippen LogP contribution in [-0.4, -0.2) is 36.6 Å². The largest absolute Gasteiger partial charge is 0.490 e. The van der Waals surface area contributed by atoms with Crippen molar-refractivity contribution in [3.63, 3.8) is 0 Å². The lowest BCUT2D eigenvalue weighted by molar-refractivity contribution is 0.0961. The normalized spacial score (nSPS) is 12.0. The van der Waals surface area contributed by atoms with Gasteiger partial charge in [0.1, 0.15) is 13.2 Å². The molecule has 0 spiro atoms. The predicted molar refractivity (Wildman–Crippen MR) is 46.1 cm³/mol. The van der Waals surface area contributed by atoms with E-state index in [0.29, 0.717) is 5.76 Å². The van der Waals surface area contributed by atoms with Gasteiger partial charge in [0.15, 0.2) is 5.76 Å². The molecule has 0 amide bonds. The Morgan fingerprint density at radius 1 is 1.23 bits per heavy atom. The maximum Gasteiger partial charge on any atom is 0.240 e. The second kappa shape index (κ2) is 7.66. The molecule has 0 aliphatic heterocycles. The fourth-order valence-electron chi connectivity index (χ4n) is 0.657. The Bertz CT molecular complexity index is 161. The van der Waals surface area contributed by atoms with Crippen LogP contribution in [0.25, 0.3) is 0 Å². The first-order valence-electron chi connectivity index (χ1n) is 3.91. The second-order valence-electron chi connectivity index (χ2n) is 2.17. The first-order chi connectivity index (χ1) is 6.26. The van der Waals surface area contributed by atoms with Gasteiger partial charge in [-0.05, 0) is 6.92 Å². The summed E-state index contributed by atoms with van der Waals surface area (Å²) in [6, 6.07) is 0. The fraction of sp³-hybridized carbons (Fsp3) is 0.714. The van der Waals surface area contributed by atoms with E-state index in [0.717, 1.165) is 0 Å². The van der Waals surface area contributed by atoms with Crippen LogP contribution in [-0.2, 0) is 9.47 Å². The van der Waals surface area contributed by atoms with E-state index in [1.807, 2.05) is 0 Å². The molecule has 6 nitrogen and oxygen atoms in total. The van der Waals surface area contributed by atoms with Crippen LogP contribution < -0.4 is 11.3 Å². The summed E-state index contributed by atoms with van der Waals surface area (Å²) >= 11 is 0. The number of aliphatic hydroxyl groups is 2. The van der Waals surface area contributed by atoms with Crippen molar-refractivity contribution in [1.29, 1.82) is 0 Å². The molecule has 0 fully saturated rings. The molecule has 78 valence electrons. The van der Waals surface area contributed by atoms with Crippen molar-refractivity contribution < 1.29 is 19.7 Å². The number of aliphatic hydroxyl groups excluding tert-OH is 2. The second-order valence-corrected chi connectivity index (χ2v) is 2.17. The maximum absolute atomic E-state index is 8.47. The molecule has 13 heavy (non-hydrogen) atoms. The summed E-state index contributed by atoms with van der Waals surface area (Å²) in [5, 5.41) is 16.9. The monoisotopic (exact) mass is 192 g/mol. The van der Waals surface area contributed by atoms with Crippen LogP contribution in [0.4, 0.5) is 0 Å². The van der Waals surface area contributed by atoms with Crippen molar-refractivity contribution in [2.45, 2.75) is 6.92 Å². The summed E-state index contributed by atoms with van der Waals surface area (Å²) in [6.07, 6.45) is 0. The molecule has 0 aliphatic rings. The average Bonchev–Trinajstić information content (AvgIpc) is 2.16. The molecule has 6 heteroatoms. The highest BCUT2D eigenvalue weighted by Gasteiger charge is 2.02. The van der Waals surface area contributed by atoms with E-state index >= 15 is 0 Å². The van der Waals surface area contributed by atoms with Crippen LogP contribution in [0, 0.1) is 0 Å². The number of hydrazine groups is 1. The average molecular weight is 192 g/mol. The molecular formula is C7H16N2O4. The summed E-state index contributed by atoms with van der Waals surface area (Å²) in [6.45, 7) is 1.79. The van der Waals surface area contributed by atoms with Gasteiger partial charge >= 0.3 is 0 Å². The van der Waals surface area contributed by atoms with E-state index < -0.39 is 0 Å². The molecular weight excluding hydrogens is 176 g/mol. The smallest absolute Gasteiger partial charge is 0.240 e. The lowest BCUT2D eigenvalue weighted by atomic mass is 10.5. The van der Waals surface area contributed by atoms with Crippen molar-refractivity contribution in [3.8, 4) is 0 Å². The van der Waals surface area contributed by atoms with Crippen molar-refractivity contribution in [2.75, 3.05) is 26.4 Å². The number of hydrogen-bond donors (Lipinski definition) is 4. The highest BCUT2D eigenvalue weighted by Crippen LogP contribution is 2.02. The zero-order chi connectivity index (χ0) is 10.1. The standard InChI is InChI=1S/C7H16N2O4/c1-6(12-4-2-10)7(9-8)13-5-3-11/h9-11H,2-5,8H2,1H3. The summed E-state index contributed by atoms with van der Waals surface area (Å²) in [5.74, 6) is 5.82. The summed E-state index contributed by atoms with van der Waals surface area (Å²) < 4.78 is 10.0. The lowest BCUT2D eigenvalue weighted by Crippen LogP contribution is -2.26. The van der Waals surface area contributed by atoms with Crippen molar-refractivity contribution >= 4 is 0 Å². The molecule has 0 aromatic carbocycles. The molecule has 0 unspecified atom stereocenters. The molecule has 0 aromatic rings. The summed E-state index contributed by atoms with van der Waals surface area (Å²) in [5.41, 5.74) is 2.29. The molecule has 0 saturated carbocycles. The zero-order valence-electron chi connectivity index (χ0n) is 7.62. The number of nitrogens with two attached hydrogens (primary N) is 1. The zero-order valence-corrected chi connectivity index (χ0v) is 7.62. The molecule has 0 heterocycles. The first-order valence-corrected chi connectivity index (χ1v) is 3.91. The molecule has 0 aromatic heterocycles. The van der Waals surface area contributed by atoms with Gasteiger partial charge in [-0.3, -0.25) is 5.43 Å². The van der Waals surface area contributed by atoms with Crippen molar-refractivity contribution in [3.05, 3.63) is 11.6 Å². The molecule has 0 rings (SSSR count). The van der Waals surface area contributed by atoms with Crippen molar-refractivity contribution in [2.24, 2.45) is 5.84 Å². The number of nitrogens with one attached hydrogen (secondary N) is 1. The third kappa shape index (κ3) is 5.29. The lowest BCUT2D eigenvalue weighted by Gasteiger charge is -2.12. The van der Waals surface area contributed by atoms with Gasteiger partial charge in [0.25, 0.3) is 0 Å². The Morgan fingerprint density at radius 2 is 1.77 bits per heavy atom. The minimum atomic E-state index is -0.0987. The van der Waals surface area contributed by atoms with Crippen LogP contribution in [0.15, 0.2) is 11.6 Å². The SMILES string of the molecule is CC(OCCO)=C(NN)OCCO. The Morgan fingerprint density at radius 3 is 2.23 bits per heavy atom. The first kappa shape index (κ1) is 12.0. The molecule has 0 saturated heterocycles. The third-order valence-electron chi connectivity index (χ3n) is 1.20. The minimum absolute atomic E-state index is 0.0742. The van der Waals surface area contributed by atoms with E-state index in [2.05, 4.69) is 5.43 Å². The predicted octanol–water partition coefficient (Wildman–Crippen LogP) is -1.34. The molecule has 0 aliphatic carbocycles. The summed E-state index contributed by atoms with van der Waals surface area (Å²) in [7, 11) is 0. The fourth-order valence-corrected chi connectivity index (χ4v) is 0.657. The van der Waals surface area contributed by atoms with Gasteiger partial charge in [0.05, 0.1) is 13.2 Å². The quantitative estimate of drug-likeness (QED) is 0.226. The molecule has 0 bridgehead atoms. The maximum atomic E-state index is 8.47. The van der Waals surface area contributed by atoms with E-state index in [9.17, 15) is 0 Å². The van der Waals surface area contributed by atoms with Gasteiger partial charge in [-0.2, -0.15) is 0 Å². The number of hydrogen-bond acceptors (Lipinski definition) is 6. The highest BCUT2D eigenvalue weighted by molar-refractivity contribution is 4.94. The van der Waals surface area contributed by atoms with E-state index in [-0.39, 0.29) is 32.3 Å². The van der Waals surface area contributed by atoms with Gasteiger partial charge in [-0.15, -0.1) is 0 Å². The van der Waals surface area contributed by atoms with Gasteiger partial charge in [0.2, 0.25) is 5.88 Å². The van der Waals surface area contributed by atoms with Crippen LogP contribution in [0.5, 0.6) is 0 Å². The highest BCUT2D eigenvalue weighted by atomic mass is 16.5. The number of allylic oxidation sites excluding steroid dienone is 1. The third-order valence-corrected chi connectivity index (χ3v) is 1.20. The number of ether oxygens (including phenoxy) is 2. The van der Waals surface area contributed by atoms with Crippen LogP contribution in [0.3, 0.4) is 0 Å². The minimum Gasteiger partial charge on any atom is -0.490 e. The van der Waals surface area contributed by atoms with E-state index in [4.69, 9.17) is 25.5 Å². The Balaban J connectivity index is 3.97. The van der Waals surface area contributed by atoms with E-state index in [1.54, 1.807) is 6.92 Å². The van der Waals surface area contributed by atoms with Crippen LogP contribution >= 0.6 is 0 Å². The van der Waals surface area contributed by atoms with Gasteiger partial charge in [-0.25, -0.2) is 5.84 Å². The van der Waals surface area contributed by atoms with Gasteiger partial charge < -0.3 is 19.7 Å². The molecule has 0 atom stereocenters. The van der Waals surface area contributed by atoms with E-state index in [1.165, 1.54) is 0 Å². The number of rotatable bonds is 7. The molecule has 5 N–H and O–H groups in total. The topological polar surface area (TPSA) is 97.0 Å². The Labute approximate surface area is 76.9 Å². The van der Waals surface area contributed by atoms with Crippen LogP contribution in [0.1, 0.15) is 6.92 Å². The Kier molecular flexibility index (Phi) is 7.08.